The molecule has 0 heterocycles. The van der Waals surface area contributed by atoms with Gasteiger partial charge < -0.3 is 0 Å². The summed E-state index contributed by atoms with van der Waals surface area (Å²) in [5.74, 6) is 0. The van der Waals surface area contributed by atoms with Gasteiger partial charge in [-0.2, -0.15) is 0 Å². The summed E-state index contributed by atoms with van der Waals surface area (Å²) in [6.07, 6.45) is 17.8. The van der Waals surface area contributed by atoms with Crippen molar-refractivity contribution in [3.05, 3.63) is 49.1 Å². The first-order chi connectivity index (χ1) is 5.91. The fourth-order valence-corrected chi connectivity index (χ4v) is 0.775. The van der Waals surface area contributed by atoms with Crippen LogP contribution in [0.2, 0.25) is 0 Å². The highest BCUT2D eigenvalue weighted by Crippen LogP contribution is 1.93. The fraction of sp³-hybridized carbons (Fsp3) is 0.333. The van der Waals surface area contributed by atoms with Crippen LogP contribution in [0.4, 0.5) is 0 Å². The minimum absolute atomic E-state index is 1.03. The first kappa shape index (κ1) is 11.0. The van der Waals surface area contributed by atoms with Gasteiger partial charge in [0.05, 0.1) is 0 Å². The van der Waals surface area contributed by atoms with Gasteiger partial charge in [0, 0.05) is 0 Å². The lowest BCUT2D eigenvalue weighted by atomic mass is 10.2. The van der Waals surface area contributed by atoms with Crippen LogP contribution in [0, 0.1) is 0 Å². The monoisotopic (exact) mass is 162 g/mol. The lowest BCUT2D eigenvalue weighted by molar-refractivity contribution is 1.05. The Balaban J connectivity index is 3.29. The average Bonchev–Trinajstić information content (AvgIpc) is 2.10. The Kier molecular flexibility index (Phi) is 9.10. The van der Waals surface area contributed by atoms with Gasteiger partial charge in [0.25, 0.3) is 0 Å². The Hall–Kier alpha value is -1.04. The molecule has 0 aromatic carbocycles. The number of hydrogen-bond acceptors (Lipinski definition) is 0. The van der Waals surface area contributed by atoms with Crippen molar-refractivity contribution < 1.29 is 0 Å². The van der Waals surface area contributed by atoms with E-state index in [-0.39, 0.29) is 0 Å². The third-order valence-electron chi connectivity index (χ3n) is 1.42. The maximum atomic E-state index is 3.66. The second kappa shape index (κ2) is 9.96. The zero-order valence-corrected chi connectivity index (χ0v) is 7.87. The zero-order valence-electron chi connectivity index (χ0n) is 7.87. The molecule has 0 atom stereocenters. The quantitative estimate of drug-likeness (QED) is 0.314. The summed E-state index contributed by atoms with van der Waals surface area (Å²) in [5, 5.41) is 0. The van der Waals surface area contributed by atoms with E-state index in [9.17, 15) is 0 Å². The summed E-state index contributed by atoms with van der Waals surface area (Å²) in [7, 11) is 0. The van der Waals surface area contributed by atoms with Crippen LogP contribution >= 0.6 is 0 Å². The average molecular weight is 162 g/mol. The lowest BCUT2D eigenvalue weighted by Gasteiger charge is -1.83. The molecule has 0 heteroatoms. The Morgan fingerprint density at radius 2 is 1.83 bits per heavy atom. The van der Waals surface area contributed by atoms with Gasteiger partial charge in [0.15, 0.2) is 0 Å². The van der Waals surface area contributed by atoms with Crippen molar-refractivity contribution in [3.8, 4) is 0 Å². The standard InChI is InChI=1S/C12H18/c1-3-5-7-9-11-12-10-8-6-4-2/h3-4,6,8-11H,1,5,7,12H2,2H3. The van der Waals surface area contributed by atoms with E-state index in [2.05, 4.69) is 30.9 Å². The summed E-state index contributed by atoms with van der Waals surface area (Å²) < 4.78 is 0. The molecule has 0 aliphatic rings. The van der Waals surface area contributed by atoms with Crippen molar-refractivity contribution in [2.45, 2.75) is 26.2 Å². The molecule has 0 rings (SSSR count). The van der Waals surface area contributed by atoms with E-state index < -0.39 is 0 Å². The molecule has 0 radical (unpaired) electrons. The smallest absolute Gasteiger partial charge is 0.0166 e. The highest BCUT2D eigenvalue weighted by Gasteiger charge is 1.73. The summed E-state index contributed by atoms with van der Waals surface area (Å²) in [6, 6.07) is 0. The molecule has 0 aliphatic carbocycles. The molecule has 12 heavy (non-hydrogen) atoms. The zero-order chi connectivity index (χ0) is 9.07. The van der Waals surface area contributed by atoms with Crippen LogP contribution in [0.15, 0.2) is 49.1 Å². The number of unbranched alkanes of at least 4 members (excludes halogenated alkanes) is 1. The molecule has 0 saturated heterocycles. The van der Waals surface area contributed by atoms with Gasteiger partial charge in [-0.05, 0) is 26.2 Å². The van der Waals surface area contributed by atoms with Gasteiger partial charge in [-0.15, -0.1) is 6.58 Å². The Bertz CT molecular complexity index is 170. The minimum atomic E-state index is 1.03. The molecule has 0 bridgehead atoms. The molecular formula is C12H18. The highest BCUT2D eigenvalue weighted by atomic mass is 13.8. The molecule has 0 fully saturated rings. The Morgan fingerprint density at radius 3 is 2.50 bits per heavy atom. The van der Waals surface area contributed by atoms with E-state index in [0.717, 1.165) is 19.3 Å². The number of allylic oxidation sites excluding steroid dienone is 7. The van der Waals surface area contributed by atoms with E-state index in [4.69, 9.17) is 0 Å². The molecule has 0 aromatic heterocycles. The van der Waals surface area contributed by atoms with Crippen molar-refractivity contribution in [1.29, 1.82) is 0 Å². The van der Waals surface area contributed by atoms with Crippen LogP contribution in [-0.4, -0.2) is 0 Å². The molecule has 0 amide bonds. The molecule has 0 aliphatic heterocycles. The van der Waals surface area contributed by atoms with Crippen LogP contribution in [0.25, 0.3) is 0 Å². The topological polar surface area (TPSA) is 0 Å². The summed E-state index contributed by atoms with van der Waals surface area (Å²) in [6.45, 7) is 5.68. The maximum Gasteiger partial charge on any atom is -0.0166 e. The van der Waals surface area contributed by atoms with Crippen LogP contribution in [0.3, 0.4) is 0 Å². The Labute approximate surface area is 76.0 Å². The molecule has 0 unspecified atom stereocenters. The highest BCUT2D eigenvalue weighted by molar-refractivity contribution is 5.03. The molecule has 0 nitrogen and oxygen atoms in total. The fourth-order valence-electron chi connectivity index (χ4n) is 0.775. The third-order valence-corrected chi connectivity index (χ3v) is 1.42. The maximum absolute atomic E-state index is 3.66. The van der Waals surface area contributed by atoms with E-state index in [1.54, 1.807) is 0 Å². The largest absolute Gasteiger partial charge is 0.103 e. The molecular weight excluding hydrogens is 144 g/mol. The third kappa shape index (κ3) is 8.96. The molecule has 0 N–H and O–H groups in total. The van der Waals surface area contributed by atoms with Crippen molar-refractivity contribution >= 4 is 0 Å². The van der Waals surface area contributed by atoms with Gasteiger partial charge in [0.2, 0.25) is 0 Å². The van der Waals surface area contributed by atoms with Gasteiger partial charge >= 0.3 is 0 Å². The predicted molar refractivity (Wildman–Crippen MR) is 57.1 cm³/mol. The van der Waals surface area contributed by atoms with Crippen LogP contribution < -0.4 is 0 Å². The van der Waals surface area contributed by atoms with Crippen LogP contribution in [-0.2, 0) is 0 Å². The van der Waals surface area contributed by atoms with E-state index in [1.165, 1.54) is 0 Å². The second-order valence-electron chi connectivity index (χ2n) is 2.53. The molecule has 0 spiro atoms. The second-order valence-corrected chi connectivity index (χ2v) is 2.53. The molecule has 66 valence electrons. The first-order valence-electron chi connectivity index (χ1n) is 4.45. The van der Waals surface area contributed by atoms with Crippen molar-refractivity contribution in [1.82, 2.24) is 0 Å². The first-order valence-corrected chi connectivity index (χ1v) is 4.45. The summed E-state index contributed by atoms with van der Waals surface area (Å²) in [4.78, 5) is 0. The van der Waals surface area contributed by atoms with E-state index >= 15 is 0 Å². The van der Waals surface area contributed by atoms with Crippen molar-refractivity contribution in [2.75, 3.05) is 0 Å². The Morgan fingerprint density at radius 1 is 1.00 bits per heavy atom. The summed E-state index contributed by atoms with van der Waals surface area (Å²) in [5.41, 5.74) is 0. The van der Waals surface area contributed by atoms with Gasteiger partial charge in [-0.3, -0.25) is 0 Å². The van der Waals surface area contributed by atoms with Crippen molar-refractivity contribution in [2.24, 2.45) is 0 Å². The van der Waals surface area contributed by atoms with E-state index in [0.29, 0.717) is 0 Å². The van der Waals surface area contributed by atoms with Gasteiger partial charge in [-0.1, -0.05) is 42.5 Å². The molecule has 0 aromatic rings. The SMILES string of the molecule is C=CCCC=CCC=CC=CC. The summed E-state index contributed by atoms with van der Waals surface area (Å²) >= 11 is 0. The minimum Gasteiger partial charge on any atom is -0.103 e. The van der Waals surface area contributed by atoms with Gasteiger partial charge in [-0.25, -0.2) is 0 Å². The normalized spacial score (nSPS) is 12.1. The predicted octanol–water partition coefficient (Wildman–Crippen LogP) is 4.03. The van der Waals surface area contributed by atoms with Crippen molar-refractivity contribution in [3.63, 3.8) is 0 Å². The lowest BCUT2D eigenvalue weighted by Crippen LogP contribution is -1.63. The molecule has 0 saturated carbocycles. The number of hydrogen-bond donors (Lipinski definition) is 0. The van der Waals surface area contributed by atoms with E-state index in [1.807, 2.05) is 25.2 Å². The van der Waals surface area contributed by atoms with Crippen LogP contribution in [0.1, 0.15) is 26.2 Å². The van der Waals surface area contributed by atoms with Crippen LogP contribution in [0.5, 0.6) is 0 Å². The van der Waals surface area contributed by atoms with Gasteiger partial charge in [0.1, 0.15) is 0 Å². The number of rotatable bonds is 6.